The number of nitrogens with zero attached hydrogens (tertiary/aromatic N) is 5. The number of piperazine rings is 1. The maximum Gasteiger partial charge on any atom is 0.410 e. The fourth-order valence-corrected chi connectivity index (χ4v) is 6.60. The van der Waals surface area contributed by atoms with Crippen molar-refractivity contribution >= 4 is 50.3 Å². The number of fused-ring (bicyclic) bond motifs is 3. The van der Waals surface area contributed by atoms with Crippen LogP contribution in [0.25, 0.3) is 10.9 Å². The molecule has 1 aromatic heterocycles. The summed E-state index contributed by atoms with van der Waals surface area (Å²) in [6.45, 7) is 11.5. The summed E-state index contributed by atoms with van der Waals surface area (Å²) in [5.41, 5.74) is -0.339. The minimum atomic E-state index is -0.564. The molecule has 4 fully saturated rings. The van der Waals surface area contributed by atoms with E-state index >= 15 is 4.39 Å². The van der Waals surface area contributed by atoms with E-state index in [1.165, 1.54) is 0 Å². The van der Waals surface area contributed by atoms with Gasteiger partial charge in [0, 0.05) is 43.5 Å². The maximum atomic E-state index is 15.5. The number of aromatic nitrogens is 2. The van der Waals surface area contributed by atoms with Gasteiger partial charge >= 0.3 is 12.1 Å². The highest BCUT2D eigenvalue weighted by molar-refractivity contribution is 9.10. The van der Waals surface area contributed by atoms with Gasteiger partial charge in [-0.25, -0.2) is 9.18 Å². The van der Waals surface area contributed by atoms with E-state index < -0.39 is 11.4 Å². The molecule has 9 nitrogen and oxygen atoms in total. The zero-order valence-corrected chi connectivity index (χ0v) is 25.6. The number of benzene rings is 1. The number of halogens is 3. The van der Waals surface area contributed by atoms with Crippen LogP contribution < -0.4 is 9.64 Å². The molecule has 0 radical (unpaired) electrons. The number of hydrogen-bond acceptors (Lipinski definition) is 8. The molecule has 6 rings (SSSR count). The Morgan fingerprint density at radius 2 is 1.88 bits per heavy atom. The van der Waals surface area contributed by atoms with Gasteiger partial charge in [0.2, 0.25) is 0 Å². The first-order chi connectivity index (χ1) is 19.0. The summed E-state index contributed by atoms with van der Waals surface area (Å²) in [4.78, 5) is 28.7. The van der Waals surface area contributed by atoms with Crippen LogP contribution in [0.15, 0.2) is 10.5 Å². The van der Waals surface area contributed by atoms with Crippen LogP contribution in [-0.4, -0.2) is 96.1 Å². The lowest BCUT2D eigenvalue weighted by Crippen LogP contribution is -2.57. The Labute approximate surface area is 247 Å². The molecule has 218 valence electrons. The van der Waals surface area contributed by atoms with Crippen molar-refractivity contribution in [1.29, 1.82) is 0 Å². The number of ether oxygens (including phenoxy) is 3. The first-order valence-corrected chi connectivity index (χ1v) is 15.2. The van der Waals surface area contributed by atoms with Crippen molar-refractivity contribution in [3.63, 3.8) is 0 Å². The van der Waals surface area contributed by atoms with Gasteiger partial charge in [0.25, 0.3) is 0 Å². The molecule has 1 aromatic carbocycles. The molecule has 4 aliphatic rings. The second kappa shape index (κ2) is 10.7. The van der Waals surface area contributed by atoms with Gasteiger partial charge in [-0.05, 0) is 68.5 Å². The lowest BCUT2D eigenvalue weighted by molar-refractivity contribution is 0.0123. The molecule has 2 unspecified atom stereocenters. The average molecular weight is 641 g/mol. The third-order valence-corrected chi connectivity index (χ3v) is 9.60. The summed E-state index contributed by atoms with van der Waals surface area (Å²) >= 11 is 9.65. The Balaban J connectivity index is 1.26. The predicted octanol–water partition coefficient (Wildman–Crippen LogP) is 5.26. The lowest BCUT2D eigenvalue weighted by Gasteiger charge is -2.42. The molecular formula is C28H36BrClFN5O4. The topological polar surface area (TPSA) is 80.3 Å². The zero-order valence-electron chi connectivity index (χ0n) is 23.2. The average Bonchev–Trinajstić information content (AvgIpc) is 3.61. The van der Waals surface area contributed by atoms with Gasteiger partial charge in [-0.1, -0.05) is 11.6 Å². The van der Waals surface area contributed by atoms with Gasteiger partial charge in [0.15, 0.2) is 5.82 Å². The summed E-state index contributed by atoms with van der Waals surface area (Å²) in [5, 5.41) is 0.777. The molecule has 12 heteroatoms. The Morgan fingerprint density at radius 1 is 1.20 bits per heavy atom. The van der Waals surface area contributed by atoms with Gasteiger partial charge in [-0.15, -0.1) is 0 Å². The van der Waals surface area contributed by atoms with Crippen LogP contribution in [0.5, 0.6) is 6.01 Å². The zero-order chi connectivity index (χ0) is 28.2. The molecule has 0 N–H and O–H groups in total. The van der Waals surface area contributed by atoms with E-state index in [1.807, 2.05) is 25.7 Å². The summed E-state index contributed by atoms with van der Waals surface area (Å²) in [5.74, 6) is 0.0351. The third-order valence-electron chi connectivity index (χ3n) is 8.30. The molecule has 3 saturated heterocycles. The van der Waals surface area contributed by atoms with Crippen LogP contribution in [-0.2, 0) is 9.47 Å². The molecule has 2 bridgehead atoms. The quantitative estimate of drug-likeness (QED) is 0.396. The van der Waals surface area contributed by atoms with E-state index in [0.717, 1.165) is 58.5 Å². The van der Waals surface area contributed by atoms with Crippen molar-refractivity contribution in [2.75, 3.05) is 57.4 Å². The normalized spacial score (nSPS) is 24.4. The third kappa shape index (κ3) is 5.71. The van der Waals surface area contributed by atoms with E-state index in [0.29, 0.717) is 30.9 Å². The van der Waals surface area contributed by atoms with Crippen molar-refractivity contribution in [3.8, 4) is 6.01 Å². The Bertz CT molecular complexity index is 1290. The molecule has 1 saturated carbocycles. The second-order valence-corrected chi connectivity index (χ2v) is 13.8. The Morgan fingerprint density at radius 3 is 2.50 bits per heavy atom. The maximum absolute atomic E-state index is 15.5. The number of rotatable bonds is 6. The molecule has 2 aromatic rings. The van der Waals surface area contributed by atoms with Crippen molar-refractivity contribution in [2.24, 2.45) is 5.41 Å². The van der Waals surface area contributed by atoms with Crippen LogP contribution in [0.1, 0.15) is 46.5 Å². The number of amides is 1. The summed E-state index contributed by atoms with van der Waals surface area (Å²) < 4.78 is 33.1. The second-order valence-electron chi connectivity index (χ2n) is 12.6. The Hall–Kier alpha value is -1.95. The van der Waals surface area contributed by atoms with Gasteiger partial charge in [0.05, 0.1) is 41.4 Å². The van der Waals surface area contributed by atoms with E-state index in [2.05, 4.69) is 30.7 Å². The molecule has 1 aliphatic carbocycles. The van der Waals surface area contributed by atoms with E-state index in [4.69, 9.17) is 30.8 Å². The fraction of sp³-hybridized carbons (Fsp3) is 0.679. The number of morpholine rings is 1. The summed E-state index contributed by atoms with van der Waals surface area (Å²) in [6, 6.07) is 1.81. The lowest BCUT2D eigenvalue weighted by atomic mass is 10.1. The van der Waals surface area contributed by atoms with E-state index in [9.17, 15) is 4.79 Å². The molecule has 1 amide bonds. The van der Waals surface area contributed by atoms with Crippen LogP contribution in [0.4, 0.5) is 15.0 Å². The van der Waals surface area contributed by atoms with Crippen LogP contribution in [0.2, 0.25) is 5.02 Å². The molecule has 3 aliphatic heterocycles. The van der Waals surface area contributed by atoms with Gasteiger partial charge in [-0.3, -0.25) is 9.80 Å². The highest BCUT2D eigenvalue weighted by atomic mass is 79.9. The van der Waals surface area contributed by atoms with Gasteiger partial charge < -0.3 is 19.1 Å². The minimum Gasteiger partial charge on any atom is -0.463 e. The van der Waals surface area contributed by atoms with Gasteiger partial charge in [-0.2, -0.15) is 9.97 Å². The van der Waals surface area contributed by atoms with E-state index in [1.54, 1.807) is 6.07 Å². The van der Waals surface area contributed by atoms with Crippen LogP contribution >= 0.6 is 27.5 Å². The number of carbonyl (C=O) groups excluding carboxylic acids is 1. The Kier molecular flexibility index (Phi) is 7.55. The number of carbonyl (C=O) groups is 1. The van der Waals surface area contributed by atoms with Gasteiger partial charge in [0.1, 0.15) is 16.9 Å². The molecule has 40 heavy (non-hydrogen) atoms. The molecule has 0 spiro atoms. The highest BCUT2D eigenvalue weighted by Gasteiger charge is 2.46. The number of hydrogen-bond donors (Lipinski definition) is 0. The van der Waals surface area contributed by atoms with Crippen molar-refractivity contribution < 1.29 is 23.4 Å². The highest BCUT2D eigenvalue weighted by Crippen LogP contribution is 2.47. The van der Waals surface area contributed by atoms with Crippen molar-refractivity contribution in [1.82, 2.24) is 19.8 Å². The van der Waals surface area contributed by atoms with Crippen molar-refractivity contribution in [2.45, 2.75) is 64.1 Å². The van der Waals surface area contributed by atoms with Crippen LogP contribution in [0.3, 0.4) is 0 Å². The largest absolute Gasteiger partial charge is 0.463 e. The SMILES string of the molecule is CC(C)(C)OC(=O)N1C2CCC1CN(c1nc(OCC3(CN4CCOCC4)CC3)nc3c(F)c(Br)c(Cl)cc13)C2. The number of anilines is 1. The fourth-order valence-electron chi connectivity index (χ4n) is 6.11. The standard InChI is InChI=1S/C28H36BrClFN5O4/c1-27(2,3)40-26(37)36-17-4-5-18(36)14-35(13-17)24-19-12-20(30)21(29)22(31)23(19)32-25(33-24)39-16-28(6-7-28)15-34-8-10-38-11-9-34/h12,17-18H,4-11,13-16H2,1-3H3. The monoisotopic (exact) mass is 639 g/mol. The first kappa shape index (κ1) is 28.2. The first-order valence-electron chi connectivity index (χ1n) is 14.1. The smallest absolute Gasteiger partial charge is 0.410 e. The summed E-state index contributed by atoms with van der Waals surface area (Å²) in [7, 11) is 0. The molecule has 4 heterocycles. The van der Waals surface area contributed by atoms with Crippen LogP contribution in [0, 0.1) is 11.2 Å². The molecule has 2 atom stereocenters. The predicted molar refractivity (Wildman–Crippen MR) is 154 cm³/mol. The minimum absolute atomic E-state index is 0.0259. The van der Waals surface area contributed by atoms with Crippen molar-refractivity contribution in [3.05, 3.63) is 21.4 Å². The van der Waals surface area contributed by atoms with E-state index in [-0.39, 0.29) is 44.6 Å². The molecular weight excluding hydrogens is 605 g/mol. The summed E-state index contributed by atoms with van der Waals surface area (Å²) in [6.07, 6.45) is 3.62.